The molecule has 3 aromatic heterocycles. The minimum absolute atomic E-state index is 0.153. The molecule has 0 saturated carbocycles. The normalized spacial score (nSPS) is 13.7. The van der Waals surface area contributed by atoms with Crippen molar-refractivity contribution in [3.8, 4) is 23.5 Å². The van der Waals surface area contributed by atoms with Crippen LogP contribution >= 0.6 is 0 Å². The molecule has 0 N–H and O–H groups in total. The van der Waals surface area contributed by atoms with Crippen molar-refractivity contribution in [2.75, 3.05) is 31.1 Å². The van der Waals surface area contributed by atoms with Crippen LogP contribution in [0.15, 0.2) is 74.1 Å². The lowest BCUT2D eigenvalue weighted by Gasteiger charge is -2.34. The number of carbonyl (C=O) groups is 1. The molecule has 166 valence electrons. The van der Waals surface area contributed by atoms with Crippen molar-refractivity contribution in [3.05, 3.63) is 78.1 Å². The molecular formula is C24H20N4O5. The van der Waals surface area contributed by atoms with Gasteiger partial charge in [0, 0.05) is 26.2 Å². The minimum atomic E-state index is -0.153. The summed E-state index contributed by atoms with van der Waals surface area (Å²) >= 11 is 0. The molecule has 0 unspecified atom stereocenters. The van der Waals surface area contributed by atoms with Crippen molar-refractivity contribution >= 4 is 11.8 Å². The highest BCUT2D eigenvalue weighted by Gasteiger charge is 2.28. The molecule has 0 aliphatic carbocycles. The Morgan fingerprint density at radius 1 is 1.03 bits per heavy atom. The molecule has 0 bridgehead atoms. The number of anilines is 1. The van der Waals surface area contributed by atoms with Gasteiger partial charge in [-0.1, -0.05) is 18.2 Å². The van der Waals surface area contributed by atoms with Crippen LogP contribution in [-0.2, 0) is 6.61 Å². The first-order valence-electron chi connectivity index (χ1n) is 10.5. The summed E-state index contributed by atoms with van der Waals surface area (Å²) in [5.41, 5.74) is 0.175. The molecule has 1 aliphatic heterocycles. The van der Waals surface area contributed by atoms with Gasteiger partial charge in [0.05, 0.1) is 6.26 Å². The van der Waals surface area contributed by atoms with E-state index in [-0.39, 0.29) is 24.1 Å². The highest BCUT2D eigenvalue weighted by atomic mass is 16.5. The van der Waals surface area contributed by atoms with Crippen LogP contribution in [0.4, 0.5) is 5.88 Å². The molecule has 1 saturated heterocycles. The standard InChI is InChI=1S/C24H20N4O5/c25-15-19-24(28-12-10-27(11-13-28)23(29)21-7-4-14-30-21)33-22(26-19)20-9-8-18(32-20)16-31-17-5-2-1-3-6-17/h1-9,14H,10-13,16H2. The van der Waals surface area contributed by atoms with Gasteiger partial charge in [-0.15, -0.1) is 0 Å². The van der Waals surface area contributed by atoms with Gasteiger partial charge in [0.15, 0.2) is 11.5 Å². The Balaban J connectivity index is 1.25. The first kappa shape index (κ1) is 20.5. The Bertz CT molecular complexity index is 1260. The van der Waals surface area contributed by atoms with E-state index < -0.39 is 0 Å². The molecule has 1 aromatic carbocycles. The maximum Gasteiger partial charge on any atom is 0.289 e. The minimum Gasteiger partial charge on any atom is -0.486 e. The molecule has 1 amide bonds. The average molecular weight is 444 g/mol. The second-order valence-corrected chi connectivity index (χ2v) is 7.41. The number of ether oxygens (including phenoxy) is 1. The number of nitriles is 1. The van der Waals surface area contributed by atoms with E-state index in [0.717, 1.165) is 5.75 Å². The van der Waals surface area contributed by atoms with Gasteiger partial charge in [0.1, 0.15) is 24.2 Å². The fourth-order valence-corrected chi connectivity index (χ4v) is 3.61. The average Bonchev–Trinajstić information content (AvgIpc) is 3.63. The zero-order valence-electron chi connectivity index (χ0n) is 17.6. The topological polar surface area (TPSA) is 109 Å². The number of piperazine rings is 1. The van der Waals surface area contributed by atoms with Crippen molar-refractivity contribution < 1.29 is 22.8 Å². The van der Waals surface area contributed by atoms with E-state index in [2.05, 4.69) is 11.1 Å². The Labute approximate surface area is 189 Å². The lowest BCUT2D eigenvalue weighted by molar-refractivity contribution is 0.0713. The number of para-hydroxylation sites is 1. The number of hydrogen-bond donors (Lipinski definition) is 0. The SMILES string of the molecule is N#Cc1nc(-c2ccc(COc3ccccc3)o2)oc1N1CCN(C(=O)c2ccco2)CC1. The maximum absolute atomic E-state index is 12.5. The molecule has 0 atom stereocenters. The number of benzene rings is 1. The zero-order chi connectivity index (χ0) is 22.6. The first-order chi connectivity index (χ1) is 16.2. The van der Waals surface area contributed by atoms with E-state index in [4.69, 9.17) is 18.0 Å². The van der Waals surface area contributed by atoms with Crippen LogP contribution in [0.5, 0.6) is 5.75 Å². The Kier molecular flexibility index (Phi) is 5.55. The monoisotopic (exact) mass is 444 g/mol. The maximum atomic E-state index is 12.5. The number of aromatic nitrogens is 1. The third-order valence-electron chi connectivity index (χ3n) is 5.30. The van der Waals surface area contributed by atoms with Crippen molar-refractivity contribution in [2.45, 2.75) is 6.61 Å². The van der Waals surface area contributed by atoms with E-state index >= 15 is 0 Å². The predicted molar refractivity (Wildman–Crippen MR) is 117 cm³/mol. The Morgan fingerprint density at radius 2 is 1.85 bits per heavy atom. The van der Waals surface area contributed by atoms with Gasteiger partial charge in [0.25, 0.3) is 11.8 Å². The van der Waals surface area contributed by atoms with E-state index in [1.807, 2.05) is 35.2 Å². The number of amides is 1. The highest BCUT2D eigenvalue weighted by molar-refractivity contribution is 5.91. The van der Waals surface area contributed by atoms with Gasteiger partial charge in [-0.2, -0.15) is 10.2 Å². The van der Waals surface area contributed by atoms with Gasteiger partial charge in [-0.3, -0.25) is 4.79 Å². The van der Waals surface area contributed by atoms with Crippen LogP contribution in [0.1, 0.15) is 22.0 Å². The van der Waals surface area contributed by atoms with Crippen LogP contribution in [0.2, 0.25) is 0 Å². The van der Waals surface area contributed by atoms with Crippen molar-refractivity contribution in [1.82, 2.24) is 9.88 Å². The number of carbonyl (C=O) groups excluding carboxylic acids is 1. The van der Waals surface area contributed by atoms with Crippen LogP contribution < -0.4 is 9.64 Å². The van der Waals surface area contributed by atoms with E-state index in [1.165, 1.54) is 6.26 Å². The number of nitrogens with zero attached hydrogens (tertiary/aromatic N) is 4. The van der Waals surface area contributed by atoms with Crippen molar-refractivity contribution in [3.63, 3.8) is 0 Å². The summed E-state index contributed by atoms with van der Waals surface area (Å²) < 4.78 is 22.6. The third-order valence-corrected chi connectivity index (χ3v) is 5.30. The number of furan rings is 2. The van der Waals surface area contributed by atoms with Crippen molar-refractivity contribution in [2.24, 2.45) is 0 Å². The van der Waals surface area contributed by atoms with Gasteiger partial charge < -0.3 is 27.8 Å². The summed E-state index contributed by atoms with van der Waals surface area (Å²) in [4.78, 5) is 20.4. The summed E-state index contributed by atoms with van der Waals surface area (Å²) in [6.45, 7) is 2.22. The lowest BCUT2D eigenvalue weighted by Crippen LogP contribution is -2.48. The van der Waals surface area contributed by atoms with Crippen molar-refractivity contribution in [1.29, 1.82) is 5.26 Å². The summed E-state index contributed by atoms with van der Waals surface area (Å²) in [7, 11) is 0. The second kappa shape index (κ2) is 8.96. The smallest absolute Gasteiger partial charge is 0.289 e. The van der Waals surface area contributed by atoms with E-state index in [0.29, 0.717) is 49.3 Å². The molecule has 5 rings (SSSR count). The Hall–Kier alpha value is -4.45. The molecule has 0 spiro atoms. The van der Waals surface area contributed by atoms with Gasteiger partial charge >= 0.3 is 0 Å². The largest absolute Gasteiger partial charge is 0.486 e. The quantitative estimate of drug-likeness (QED) is 0.440. The second-order valence-electron chi connectivity index (χ2n) is 7.41. The third kappa shape index (κ3) is 4.32. The molecule has 9 nitrogen and oxygen atoms in total. The van der Waals surface area contributed by atoms with Gasteiger partial charge in [-0.05, 0) is 36.4 Å². The fraction of sp³-hybridized carbons (Fsp3) is 0.208. The van der Waals surface area contributed by atoms with Gasteiger partial charge in [-0.25, -0.2) is 0 Å². The summed E-state index contributed by atoms with van der Waals surface area (Å²) in [6, 6.07) is 18.4. The molecule has 33 heavy (non-hydrogen) atoms. The summed E-state index contributed by atoms with van der Waals surface area (Å²) in [5.74, 6) is 2.52. The predicted octanol–water partition coefficient (Wildman–Crippen LogP) is 3.94. The summed E-state index contributed by atoms with van der Waals surface area (Å²) in [5, 5.41) is 9.56. The molecule has 4 aromatic rings. The molecular weight excluding hydrogens is 424 g/mol. The number of hydrogen-bond acceptors (Lipinski definition) is 8. The Morgan fingerprint density at radius 3 is 2.58 bits per heavy atom. The van der Waals surface area contributed by atoms with Crippen LogP contribution in [-0.4, -0.2) is 42.0 Å². The molecule has 4 heterocycles. The molecule has 1 aliphatic rings. The number of oxazole rings is 1. The van der Waals surface area contributed by atoms with Crippen LogP contribution in [0.3, 0.4) is 0 Å². The van der Waals surface area contributed by atoms with Crippen LogP contribution in [0.25, 0.3) is 11.7 Å². The first-order valence-corrected chi connectivity index (χ1v) is 10.5. The summed E-state index contributed by atoms with van der Waals surface area (Å²) in [6.07, 6.45) is 1.48. The molecule has 9 heteroatoms. The van der Waals surface area contributed by atoms with Crippen LogP contribution in [0, 0.1) is 11.3 Å². The van der Waals surface area contributed by atoms with Gasteiger partial charge in [0.2, 0.25) is 11.6 Å². The number of rotatable bonds is 6. The lowest BCUT2D eigenvalue weighted by atomic mass is 10.2. The highest BCUT2D eigenvalue weighted by Crippen LogP contribution is 2.30. The zero-order valence-corrected chi connectivity index (χ0v) is 17.6. The molecule has 0 radical (unpaired) electrons. The fourth-order valence-electron chi connectivity index (χ4n) is 3.61. The van der Waals surface area contributed by atoms with E-state index in [9.17, 15) is 10.1 Å². The van der Waals surface area contributed by atoms with E-state index in [1.54, 1.807) is 29.2 Å². The molecule has 1 fully saturated rings.